The largest absolute Gasteiger partial charge is 0.368 e. The van der Waals surface area contributed by atoms with Crippen molar-refractivity contribution in [3.8, 4) is 0 Å². The van der Waals surface area contributed by atoms with E-state index in [0.29, 0.717) is 18.8 Å². The van der Waals surface area contributed by atoms with Crippen molar-refractivity contribution in [1.82, 2.24) is 14.3 Å². The molecule has 1 fully saturated rings. The van der Waals surface area contributed by atoms with Gasteiger partial charge in [0.25, 0.3) is 5.91 Å². The Kier molecular flexibility index (Phi) is 4.09. The Morgan fingerprint density at radius 2 is 1.88 bits per heavy atom. The van der Waals surface area contributed by atoms with Crippen molar-refractivity contribution < 1.29 is 4.79 Å². The van der Waals surface area contributed by atoms with E-state index in [1.54, 1.807) is 0 Å². The van der Waals surface area contributed by atoms with E-state index in [0.717, 1.165) is 35.0 Å². The quantitative estimate of drug-likeness (QED) is 0.709. The minimum absolute atomic E-state index is 0.00732. The molecule has 128 valence electrons. The van der Waals surface area contributed by atoms with Gasteiger partial charge in [0.15, 0.2) is 0 Å². The van der Waals surface area contributed by atoms with E-state index in [2.05, 4.69) is 9.88 Å². The molecule has 3 heterocycles. The lowest BCUT2D eigenvalue weighted by Crippen LogP contribution is -2.48. The third-order valence-electron chi connectivity index (χ3n) is 4.56. The lowest BCUT2D eigenvalue weighted by Gasteiger charge is -2.35. The Bertz CT molecular complexity index is 928. The smallest absolute Gasteiger partial charge is 0.274 e. The van der Waals surface area contributed by atoms with Crippen LogP contribution in [-0.4, -0.2) is 46.4 Å². The van der Waals surface area contributed by atoms with Gasteiger partial charge in [0.05, 0.1) is 0 Å². The van der Waals surface area contributed by atoms with E-state index in [-0.39, 0.29) is 5.91 Å². The molecule has 0 unspecified atom stereocenters. The van der Waals surface area contributed by atoms with Crippen LogP contribution in [0.25, 0.3) is 5.65 Å². The molecule has 25 heavy (non-hydrogen) atoms. The first-order chi connectivity index (χ1) is 12.1. The van der Waals surface area contributed by atoms with Crippen LogP contribution in [0.2, 0.25) is 5.02 Å². The molecule has 1 aliphatic rings. The molecule has 0 bridgehead atoms. The molecule has 2 aromatic heterocycles. The van der Waals surface area contributed by atoms with Gasteiger partial charge in [-0.1, -0.05) is 23.7 Å². The van der Waals surface area contributed by atoms with Gasteiger partial charge in [-0.25, -0.2) is 4.98 Å². The Morgan fingerprint density at radius 1 is 1.08 bits per heavy atom. The zero-order valence-electron chi connectivity index (χ0n) is 14.0. The molecule has 1 saturated heterocycles. The van der Waals surface area contributed by atoms with E-state index in [1.807, 2.05) is 65.0 Å². The van der Waals surface area contributed by atoms with Gasteiger partial charge in [-0.3, -0.25) is 4.79 Å². The summed E-state index contributed by atoms with van der Waals surface area (Å²) in [7, 11) is 0. The van der Waals surface area contributed by atoms with Crippen molar-refractivity contribution in [1.29, 1.82) is 0 Å². The zero-order valence-corrected chi connectivity index (χ0v) is 14.8. The highest BCUT2D eigenvalue weighted by atomic mass is 35.5. The molecule has 5 nitrogen and oxygen atoms in total. The highest BCUT2D eigenvalue weighted by Crippen LogP contribution is 2.21. The fourth-order valence-electron chi connectivity index (χ4n) is 3.21. The van der Waals surface area contributed by atoms with Gasteiger partial charge in [0.1, 0.15) is 11.3 Å². The number of benzene rings is 1. The average molecular weight is 355 g/mol. The van der Waals surface area contributed by atoms with Crippen molar-refractivity contribution in [2.24, 2.45) is 0 Å². The number of imidazole rings is 1. The fourth-order valence-corrected chi connectivity index (χ4v) is 3.39. The first-order valence-electron chi connectivity index (χ1n) is 8.35. The lowest BCUT2D eigenvalue weighted by atomic mass is 10.2. The second kappa shape index (κ2) is 6.41. The van der Waals surface area contributed by atoms with Crippen LogP contribution in [-0.2, 0) is 0 Å². The van der Waals surface area contributed by atoms with Gasteiger partial charge in [-0.05, 0) is 36.8 Å². The number of pyridine rings is 1. The van der Waals surface area contributed by atoms with Crippen molar-refractivity contribution in [2.75, 3.05) is 31.1 Å². The molecule has 4 rings (SSSR count). The summed E-state index contributed by atoms with van der Waals surface area (Å²) in [5.74, 6) is -0.00732. The highest BCUT2D eigenvalue weighted by Gasteiger charge is 2.24. The summed E-state index contributed by atoms with van der Waals surface area (Å²) < 4.78 is 1.91. The molecule has 0 aliphatic carbocycles. The molecule has 0 radical (unpaired) electrons. The third-order valence-corrected chi connectivity index (χ3v) is 4.79. The van der Waals surface area contributed by atoms with Crippen LogP contribution in [0.1, 0.15) is 16.1 Å². The molecule has 0 saturated carbocycles. The van der Waals surface area contributed by atoms with Gasteiger partial charge < -0.3 is 14.2 Å². The molecule has 3 aromatic rings. The standard InChI is InChI=1S/C19H19ClN4O/c1-14-5-6-18-21-17(13-24(18)12-14)19(25)23-9-7-22(8-10-23)16-4-2-3-15(20)11-16/h2-6,11-13H,7-10H2,1H3. The Morgan fingerprint density at radius 3 is 2.64 bits per heavy atom. The van der Waals surface area contributed by atoms with Crippen molar-refractivity contribution in [3.63, 3.8) is 0 Å². The van der Waals surface area contributed by atoms with E-state index >= 15 is 0 Å². The molecule has 0 spiro atoms. The third kappa shape index (κ3) is 3.20. The minimum atomic E-state index is -0.00732. The van der Waals surface area contributed by atoms with Crippen LogP contribution >= 0.6 is 11.6 Å². The predicted octanol–water partition coefficient (Wildman–Crippen LogP) is 3.26. The number of rotatable bonds is 2. The average Bonchev–Trinajstić information content (AvgIpc) is 3.04. The summed E-state index contributed by atoms with van der Waals surface area (Å²) in [6, 6.07) is 11.8. The summed E-state index contributed by atoms with van der Waals surface area (Å²) in [5.41, 5.74) is 3.54. The van der Waals surface area contributed by atoms with Crippen LogP contribution < -0.4 is 4.90 Å². The van der Waals surface area contributed by atoms with Crippen LogP contribution in [0.4, 0.5) is 5.69 Å². The summed E-state index contributed by atoms with van der Waals surface area (Å²) in [6.07, 6.45) is 3.80. The fraction of sp³-hybridized carbons (Fsp3) is 0.263. The maximum Gasteiger partial charge on any atom is 0.274 e. The number of aromatic nitrogens is 2. The highest BCUT2D eigenvalue weighted by molar-refractivity contribution is 6.30. The Balaban J connectivity index is 1.47. The van der Waals surface area contributed by atoms with Crippen molar-refractivity contribution >= 4 is 28.8 Å². The topological polar surface area (TPSA) is 40.9 Å². The normalized spacial score (nSPS) is 15.0. The number of aryl methyl sites for hydroxylation is 1. The number of amides is 1. The van der Waals surface area contributed by atoms with Gasteiger partial charge in [-0.15, -0.1) is 0 Å². The van der Waals surface area contributed by atoms with Gasteiger partial charge >= 0.3 is 0 Å². The van der Waals surface area contributed by atoms with Crippen molar-refractivity contribution in [3.05, 3.63) is 65.1 Å². The second-order valence-corrected chi connectivity index (χ2v) is 6.79. The summed E-state index contributed by atoms with van der Waals surface area (Å²) in [6.45, 7) is 4.96. The number of halogens is 1. The van der Waals surface area contributed by atoms with Crippen LogP contribution in [0.3, 0.4) is 0 Å². The van der Waals surface area contributed by atoms with Gasteiger partial charge in [0.2, 0.25) is 0 Å². The number of hydrogen-bond donors (Lipinski definition) is 0. The molecule has 1 aliphatic heterocycles. The maximum atomic E-state index is 12.8. The molecule has 1 amide bonds. The first kappa shape index (κ1) is 16.0. The molecule has 6 heteroatoms. The number of anilines is 1. The van der Waals surface area contributed by atoms with E-state index < -0.39 is 0 Å². The Labute approximate surface area is 151 Å². The van der Waals surface area contributed by atoms with Crippen LogP contribution in [0.5, 0.6) is 0 Å². The Hall–Kier alpha value is -2.53. The van der Waals surface area contributed by atoms with E-state index in [1.165, 1.54) is 0 Å². The molecule has 0 atom stereocenters. The maximum absolute atomic E-state index is 12.8. The summed E-state index contributed by atoms with van der Waals surface area (Å²) >= 11 is 6.07. The number of carbonyl (C=O) groups is 1. The molecular formula is C19H19ClN4O. The summed E-state index contributed by atoms with van der Waals surface area (Å²) in [5, 5.41) is 0.732. The van der Waals surface area contributed by atoms with Gasteiger partial charge in [0, 0.05) is 49.3 Å². The number of nitrogens with zero attached hydrogens (tertiary/aromatic N) is 4. The molecule has 0 N–H and O–H groups in total. The summed E-state index contributed by atoms with van der Waals surface area (Å²) in [4.78, 5) is 21.3. The second-order valence-electron chi connectivity index (χ2n) is 6.36. The number of fused-ring (bicyclic) bond motifs is 1. The zero-order chi connectivity index (χ0) is 17.4. The molecule has 1 aromatic carbocycles. The lowest BCUT2D eigenvalue weighted by molar-refractivity contribution is 0.0741. The van der Waals surface area contributed by atoms with Crippen molar-refractivity contribution in [2.45, 2.75) is 6.92 Å². The van der Waals surface area contributed by atoms with E-state index in [4.69, 9.17) is 11.6 Å². The van der Waals surface area contributed by atoms with Crippen LogP contribution in [0, 0.1) is 6.92 Å². The number of piperazine rings is 1. The number of carbonyl (C=O) groups excluding carboxylic acids is 1. The van der Waals surface area contributed by atoms with Crippen LogP contribution in [0.15, 0.2) is 48.8 Å². The predicted molar refractivity (Wildman–Crippen MR) is 99.5 cm³/mol. The first-order valence-corrected chi connectivity index (χ1v) is 8.73. The molecular weight excluding hydrogens is 336 g/mol. The monoisotopic (exact) mass is 354 g/mol. The van der Waals surface area contributed by atoms with E-state index in [9.17, 15) is 4.79 Å². The van der Waals surface area contributed by atoms with Gasteiger partial charge in [-0.2, -0.15) is 0 Å². The minimum Gasteiger partial charge on any atom is -0.368 e. The number of hydrogen-bond acceptors (Lipinski definition) is 3. The SMILES string of the molecule is Cc1ccc2nc(C(=O)N3CCN(c4cccc(Cl)c4)CC3)cn2c1.